The Morgan fingerprint density at radius 3 is 2.48 bits per heavy atom. The number of ketones is 1. The van der Waals surface area contributed by atoms with E-state index in [-0.39, 0.29) is 11.3 Å². The highest BCUT2D eigenvalue weighted by atomic mass is 32.1. The van der Waals surface area contributed by atoms with Crippen molar-refractivity contribution in [1.29, 1.82) is 0 Å². The van der Waals surface area contributed by atoms with Crippen LogP contribution in [0.2, 0.25) is 0 Å². The third kappa shape index (κ3) is 3.96. The minimum absolute atomic E-state index is 0.109. The van der Waals surface area contributed by atoms with E-state index in [2.05, 4.69) is 0 Å². The molecule has 1 aromatic carbocycles. The molecular formula is C21H24N2O3S. The quantitative estimate of drug-likeness (QED) is 0.471. The lowest BCUT2D eigenvalue weighted by atomic mass is 9.99. The monoisotopic (exact) mass is 384 g/mol. The Bertz CT molecular complexity index is 854. The maximum atomic E-state index is 12.8. The molecule has 1 aliphatic rings. The Labute approximate surface area is 163 Å². The van der Waals surface area contributed by atoms with E-state index in [1.54, 1.807) is 17.0 Å². The fourth-order valence-corrected chi connectivity index (χ4v) is 4.12. The first-order chi connectivity index (χ1) is 12.9. The summed E-state index contributed by atoms with van der Waals surface area (Å²) in [6.45, 7) is 3.24. The molecule has 1 aliphatic heterocycles. The molecule has 1 unspecified atom stereocenters. The van der Waals surface area contributed by atoms with Crippen LogP contribution in [-0.4, -0.2) is 53.8 Å². The van der Waals surface area contributed by atoms with Gasteiger partial charge in [0.25, 0.3) is 11.7 Å². The zero-order valence-corrected chi connectivity index (χ0v) is 16.6. The second-order valence-corrected chi connectivity index (χ2v) is 8.01. The normalized spacial score (nSPS) is 19.3. The Hall–Kier alpha value is -2.44. The summed E-state index contributed by atoms with van der Waals surface area (Å²) in [5.74, 6) is -1.26. The first-order valence-corrected chi connectivity index (χ1v) is 9.81. The van der Waals surface area contributed by atoms with Crippen molar-refractivity contribution in [1.82, 2.24) is 9.80 Å². The molecular weight excluding hydrogens is 360 g/mol. The van der Waals surface area contributed by atoms with Gasteiger partial charge in [-0.05, 0) is 45.4 Å². The molecule has 2 aromatic rings. The Balaban J connectivity index is 2.03. The molecule has 27 heavy (non-hydrogen) atoms. The van der Waals surface area contributed by atoms with Crippen LogP contribution >= 0.6 is 11.3 Å². The van der Waals surface area contributed by atoms with Crippen LogP contribution in [0.4, 0.5) is 0 Å². The first kappa shape index (κ1) is 19.3. The molecule has 3 rings (SSSR count). The zero-order valence-electron chi connectivity index (χ0n) is 15.8. The second-order valence-electron chi connectivity index (χ2n) is 7.03. The van der Waals surface area contributed by atoms with E-state index in [1.165, 1.54) is 11.3 Å². The van der Waals surface area contributed by atoms with E-state index < -0.39 is 17.7 Å². The summed E-state index contributed by atoms with van der Waals surface area (Å²) in [7, 11) is 3.95. The number of nitrogens with zero attached hydrogens (tertiary/aromatic N) is 2. The number of benzene rings is 1. The van der Waals surface area contributed by atoms with Crippen molar-refractivity contribution in [2.45, 2.75) is 19.4 Å². The number of rotatable bonds is 6. The Morgan fingerprint density at radius 2 is 1.89 bits per heavy atom. The van der Waals surface area contributed by atoms with Gasteiger partial charge in [-0.2, -0.15) is 0 Å². The van der Waals surface area contributed by atoms with Crippen LogP contribution in [0.1, 0.15) is 28.5 Å². The lowest BCUT2D eigenvalue weighted by Gasteiger charge is -2.24. The molecule has 0 spiro atoms. The Kier molecular flexibility index (Phi) is 5.77. The van der Waals surface area contributed by atoms with Crippen molar-refractivity contribution in [3.63, 3.8) is 0 Å². The van der Waals surface area contributed by atoms with E-state index in [0.29, 0.717) is 12.1 Å². The van der Waals surface area contributed by atoms with E-state index in [0.717, 1.165) is 23.4 Å². The number of carbonyl (C=O) groups excluding carboxylic acids is 2. The maximum Gasteiger partial charge on any atom is 0.295 e. The lowest BCUT2D eigenvalue weighted by molar-refractivity contribution is -0.139. The van der Waals surface area contributed by atoms with Crippen LogP contribution < -0.4 is 0 Å². The minimum Gasteiger partial charge on any atom is -0.507 e. The van der Waals surface area contributed by atoms with Crippen molar-refractivity contribution < 1.29 is 14.7 Å². The average Bonchev–Trinajstić information content (AvgIpc) is 3.24. The highest BCUT2D eigenvalue weighted by Crippen LogP contribution is 2.41. The number of hydrogen-bond acceptors (Lipinski definition) is 5. The highest BCUT2D eigenvalue weighted by molar-refractivity contribution is 7.10. The Morgan fingerprint density at radius 1 is 1.19 bits per heavy atom. The van der Waals surface area contributed by atoms with Gasteiger partial charge in [0.1, 0.15) is 5.76 Å². The highest BCUT2D eigenvalue weighted by Gasteiger charge is 2.46. The van der Waals surface area contributed by atoms with Gasteiger partial charge in [0.2, 0.25) is 0 Å². The zero-order chi connectivity index (χ0) is 19.6. The molecule has 0 bridgehead atoms. The molecule has 2 heterocycles. The van der Waals surface area contributed by atoms with Crippen molar-refractivity contribution in [2.24, 2.45) is 0 Å². The van der Waals surface area contributed by atoms with Crippen LogP contribution in [0.5, 0.6) is 0 Å². The van der Waals surface area contributed by atoms with Gasteiger partial charge in [0.15, 0.2) is 0 Å². The van der Waals surface area contributed by atoms with Crippen molar-refractivity contribution in [3.8, 4) is 0 Å². The summed E-state index contributed by atoms with van der Waals surface area (Å²) in [5, 5.41) is 12.8. The van der Waals surface area contributed by atoms with Gasteiger partial charge in [0.05, 0.1) is 11.6 Å². The van der Waals surface area contributed by atoms with E-state index in [1.807, 2.05) is 55.6 Å². The number of aryl methyl sites for hydroxylation is 1. The minimum atomic E-state index is -0.615. The molecule has 1 fully saturated rings. The largest absolute Gasteiger partial charge is 0.507 e. The van der Waals surface area contributed by atoms with E-state index in [4.69, 9.17) is 0 Å². The third-order valence-corrected chi connectivity index (χ3v) is 5.61. The standard InChI is InChI=1S/C21H24N2O3S/c1-14-7-9-15(10-8-14)19(24)17-18(16-6-4-13-27-16)23(21(26)20(17)25)12-5-11-22(2)3/h4,6-10,13,18,24H,5,11-12H2,1-3H3/b19-17-. The van der Waals surface area contributed by atoms with E-state index in [9.17, 15) is 14.7 Å². The molecule has 1 atom stereocenters. The van der Waals surface area contributed by atoms with Gasteiger partial charge in [-0.1, -0.05) is 35.9 Å². The third-order valence-electron chi connectivity index (χ3n) is 4.68. The molecule has 5 nitrogen and oxygen atoms in total. The number of carbonyl (C=O) groups is 2. The smallest absolute Gasteiger partial charge is 0.295 e. The SMILES string of the molecule is Cc1ccc(/C(O)=C2/C(=O)C(=O)N(CCCN(C)C)C2c2cccs2)cc1. The molecule has 142 valence electrons. The van der Waals surface area contributed by atoms with E-state index >= 15 is 0 Å². The molecule has 0 aliphatic carbocycles. The number of Topliss-reactive ketones (excluding diaryl/α,β-unsaturated/α-hetero) is 1. The van der Waals surface area contributed by atoms with Gasteiger partial charge in [-0.25, -0.2) is 0 Å². The number of likely N-dealkylation sites (tertiary alicyclic amines) is 1. The lowest BCUT2D eigenvalue weighted by Crippen LogP contribution is -2.32. The number of thiophene rings is 1. The summed E-state index contributed by atoms with van der Waals surface area (Å²) in [5.41, 5.74) is 1.79. The van der Waals surface area contributed by atoms with Crippen LogP contribution in [0.3, 0.4) is 0 Å². The van der Waals surface area contributed by atoms with Crippen molar-refractivity contribution >= 4 is 28.8 Å². The second kappa shape index (κ2) is 8.06. The summed E-state index contributed by atoms with van der Waals surface area (Å²) in [6, 6.07) is 10.6. The van der Waals surface area contributed by atoms with Gasteiger partial charge in [-0.15, -0.1) is 11.3 Å². The fourth-order valence-electron chi connectivity index (χ4n) is 3.28. The molecule has 0 radical (unpaired) electrons. The molecule has 0 saturated carbocycles. The van der Waals surface area contributed by atoms with Crippen molar-refractivity contribution in [3.05, 3.63) is 63.4 Å². The van der Waals surface area contributed by atoms with Crippen LogP contribution in [-0.2, 0) is 9.59 Å². The van der Waals surface area contributed by atoms with Crippen LogP contribution in [0, 0.1) is 6.92 Å². The average molecular weight is 385 g/mol. The summed E-state index contributed by atoms with van der Waals surface area (Å²) in [4.78, 5) is 30.0. The van der Waals surface area contributed by atoms with Crippen molar-refractivity contribution in [2.75, 3.05) is 27.2 Å². The predicted octanol–water partition coefficient (Wildman–Crippen LogP) is 3.43. The maximum absolute atomic E-state index is 12.8. The molecule has 6 heteroatoms. The molecule has 1 aromatic heterocycles. The van der Waals surface area contributed by atoms with Gasteiger partial charge in [0, 0.05) is 17.0 Å². The summed E-state index contributed by atoms with van der Waals surface area (Å²) < 4.78 is 0. The summed E-state index contributed by atoms with van der Waals surface area (Å²) in [6.07, 6.45) is 0.756. The van der Waals surface area contributed by atoms with Gasteiger partial charge < -0.3 is 14.9 Å². The first-order valence-electron chi connectivity index (χ1n) is 8.93. The van der Waals surface area contributed by atoms with Gasteiger partial charge >= 0.3 is 0 Å². The predicted molar refractivity (Wildman–Crippen MR) is 108 cm³/mol. The van der Waals surface area contributed by atoms with Crippen LogP contribution in [0.25, 0.3) is 5.76 Å². The number of aliphatic hydroxyl groups excluding tert-OH is 1. The number of hydrogen-bond donors (Lipinski definition) is 1. The fraction of sp³-hybridized carbons (Fsp3) is 0.333. The molecule has 1 N–H and O–H groups in total. The summed E-state index contributed by atoms with van der Waals surface area (Å²) >= 11 is 1.48. The van der Waals surface area contributed by atoms with Gasteiger partial charge in [-0.3, -0.25) is 9.59 Å². The topological polar surface area (TPSA) is 60.9 Å². The molecule has 1 amide bonds. The molecule has 1 saturated heterocycles. The number of aliphatic hydroxyl groups is 1. The number of amides is 1. The van der Waals surface area contributed by atoms with Crippen LogP contribution in [0.15, 0.2) is 47.4 Å².